The number of nitro benzene ring substituents is 1. The third-order valence-corrected chi connectivity index (χ3v) is 3.00. The minimum Gasteiger partial charge on any atom is -0.437 e. The summed E-state index contributed by atoms with van der Waals surface area (Å²) in [6.45, 7) is 3.32. The molecule has 110 valence electrons. The number of nitro groups is 1. The van der Waals surface area contributed by atoms with Crippen molar-refractivity contribution in [2.75, 3.05) is 5.43 Å². The molecule has 0 spiro atoms. The van der Waals surface area contributed by atoms with Crippen LogP contribution in [0.2, 0.25) is 5.02 Å². The largest absolute Gasteiger partial charge is 0.437 e. The predicted octanol–water partition coefficient (Wildman–Crippen LogP) is 2.73. The second-order valence-corrected chi connectivity index (χ2v) is 4.66. The van der Waals surface area contributed by atoms with Crippen LogP contribution in [0.4, 0.5) is 11.6 Å². The smallest absolute Gasteiger partial charge is 0.272 e. The molecule has 0 unspecified atom stereocenters. The van der Waals surface area contributed by atoms with Crippen molar-refractivity contribution in [2.45, 2.75) is 13.8 Å². The van der Waals surface area contributed by atoms with Crippen LogP contribution in [-0.4, -0.2) is 14.9 Å². The number of aromatic nitrogens is 2. The zero-order valence-electron chi connectivity index (χ0n) is 11.3. The van der Waals surface area contributed by atoms with Gasteiger partial charge in [0, 0.05) is 11.6 Å². The van der Waals surface area contributed by atoms with E-state index in [0.717, 1.165) is 0 Å². The maximum atomic E-state index is 10.9. The fourth-order valence-electron chi connectivity index (χ4n) is 1.68. The summed E-state index contributed by atoms with van der Waals surface area (Å²) in [7, 11) is 0. The molecular formula is C12H12ClN5O3. The molecule has 9 heteroatoms. The summed E-state index contributed by atoms with van der Waals surface area (Å²) in [6, 6.07) is 2.99. The van der Waals surface area contributed by atoms with Crippen molar-refractivity contribution in [3.8, 4) is 11.6 Å². The fraction of sp³-hybridized carbons (Fsp3) is 0.167. The number of rotatable bonds is 4. The van der Waals surface area contributed by atoms with Gasteiger partial charge in [0.1, 0.15) is 10.8 Å². The van der Waals surface area contributed by atoms with Crippen molar-refractivity contribution < 1.29 is 9.66 Å². The molecule has 21 heavy (non-hydrogen) atoms. The zero-order valence-corrected chi connectivity index (χ0v) is 12.0. The van der Waals surface area contributed by atoms with Crippen molar-refractivity contribution >= 4 is 23.2 Å². The molecule has 0 amide bonds. The third kappa shape index (κ3) is 3.18. The first-order chi connectivity index (χ1) is 9.92. The maximum Gasteiger partial charge on any atom is 0.272 e. The van der Waals surface area contributed by atoms with Crippen molar-refractivity contribution in [1.29, 1.82) is 0 Å². The van der Waals surface area contributed by atoms with Crippen LogP contribution in [0.3, 0.4) is 0 Å². The summed E-state index contributed by atoms with van der Waals surface area (Å²) in [5.41, 5.74) is 3.37. The minimum atomic E-state index is -0.444. The lowest BCUT2D eigenvalue weighted by molar-refractivity contribution is -0.385. The Kier molecular flexibility index (Phi) is 4.20. The topological polar surface area (TPSA) is 116 Å². The van der Waals surface area contributed by atoms with Crippen molar-refractivity contribution in [1.82, 2.24) is 9.97 Å². The van der Waals surface area contributed by atoms with Gasteiger partial charge < -0.3 is 4.74 Å². The summed E-state index contributed by atoms with van der Waals surface area (Å²) in [5, 5.41) is 11.1. The lowest BCUT2D eigenvalue weighted by Gasteiger charge is -2.11. The summed E-state index contributed by atoms with van der Waals surface area (Å²) < 4.78 is 5.60. The monoisotopic (exact) mass is 309 g/mol. The first-order valence-electron chi connectivity index (χ1n) is 5.85. The fourth-order valence-corrected chi connectivity index (χ4v) is 1.81. The van der Waals surface area contributed by atoms with Crippen LogP contribution in [0.5, 0.6) is 11.6 Å². The van der Waals surface area contributed by atoms with Gasteiger partial charge in [0.2, 0.25) is 11.8 Å². The van der Waals surface area contributed by atoms with E-state index in [1.54, 1.807) is 19.9 Å². The number of hydrogen-bond donors (Lipinski definition) is 2. The molecule has 0 atom stereocenters. The highest BCUT2D eigenvalue weighted by Crippen LogP contribution is 2.33. The summed E-state index contributed by atoms with van der Waals surface area (Å²) >= 11 is 5.95. The Balaban J connectivity index is 2.40. The number of ether oxygens (including phenoxy) is 1. The predicted molar refractivity (Wildman–Crippen MR) is 77.5 cm³/mol. The van der Waals surface area contributed by atoms with Gasteiger partial charge in [0.15, 0.2) is 0 Å². The number of nitrogen functional groups attached to an aromatic ring is 1. The highest BCUT2D eigenvalue weighted by atomic mass is 35.5. The van der Waals surface area contributed by atoms with Gasteiger partial charge in [-0.3, -0.25) is 15.5 Å². The molecule has 0 saturated heterocycles. The van der Waals surface area contributed by atoms with Crippen molar-refractivity contribution in [3.63, 3.8) is 0 Å². The minimum absolute atomic E-state index is 0.0259. The van der Waals surface area contributed by atoms with Crippen LogP contribution in [-0.2, 0) is 0 Å². The molecule has 0 aliphatic heterocycles. The van der Waals surface area contributed by atoms with E-state index in [1.165, 1.54) is 12.3 Å². The average molecular weight is 310 g/mol. The molecule has 0 bridgehead atoms. The number of benzene rings is 1. The Morgan fingerprint density at radius 1 is 1.38 bits per heavy atom. The number of nitrogens with zero attached hydrogens (tertiary/aromatic N) is 3. The SMILES string of the molecule is Cc1cc([N+](=O)[O-])c(C)cc1Oc1nc(NN)ncc1Cl. The molecule has 0 aliphatic rings. The van der Waals surface area contributed by atoms with E-state index in [4.69, 9.17) is 22.2 Å². The van der Waals surface area contributed by atoms with Gasteiger partial charge in [-0.2, -0.15) is 4.98 Å². The Bertz CT molecular complexity index is 708. The van der Waals surface area contributed by atoms with Gasteiger partial charge in [-0.05, 0) is 25.5 Å². The van der Waals surface area contributed by atoms with E-state index in [1.807, 2.05) is 0 Å². The van der Waals surface area contributed by atoms with E-state index in [-0.39, 0.29) is 22.5 Å². The number of anilines is 1. The normalized spacial score (nSPS) is 10.3. The molecule has 0 radical (unpaired) electrons. The van der Waals surface area contributed by atoms with Crippen LogP contribution >= 0.6 is 11.6 Å². The highest BCUT2D eigenvalue weighted by molar-refractivity contribution is 6.31. The molecule has 1 heterocycles. The summed E-state index contributed by atoms with van der Waals surface area (Å²) in [4.78, 5) is 18.2. The Morgan fingerprint density at radius 2 is 2.10 bits per heavy atom. The third-order valence-electron chi connectivity index (χ3n) is 2.74. The second kappa shape index (κ2) is 5.90. The molecule has 2 rings (SSSR count). The van der Waals surface area contributed by atoms with Crippen LogP contribution in [0.15, 0.2) is 18.3 Å². The number of nitrogens with two attached hydrogens (primary N) is 1. The van der Waals surface area contributed by atoms with E-state index in [0.29, 0.717) is 16.9 Å². The second-order valence-electron chi connectivity index (χ2n) is 4.25. The van der Waals surface area contributed by atoms with Crippen molar-refractivity contribution in [2.24, 2.45) is 5.84 Å². The highest BCUT2D eigenvalue weighted by Gasteiger charge is 2.16. The molecule has 1 aromatic carbocycles. The molecule has 8 nitrogen and oxygen atoms in total. The van der Waals surface area contributed by atoms with Gasteiger partial charge in [-0.25, -0.2) is 10.8 Å². The Morgan fingerprint density at radius 3 is 2.71 bits per heavy atom. The van der Waals surface area contributed by atoms with Crippen LogP contribution in [0.1, 0.15) is 11.1 Å². The number of aryl methyl sites for hydroxylation is 2. The summed E-state index contributed by atoms with van der Waals surface area (Å²) in [6.07, 6.45) is 1.34. The zero-order chi connectivity index (χ0) is 15.6. The van der Waals surface area contributed by atoms with Crippen LogP contribution in [0.25, 0.3) is 0 Å². The number of halogens is 1. The lowest BCUT2D eigenvalue weighted by Crippen LogP contribution is -2.10. The summed E-state index contributed by atoms with van der Waals surface area (Å²) in [5.74, 6) is 5.89. The maximum absolute atomic E-state index is 10.9. The molecule has 0 saturated carbocycles. The van der Waals surface area contributed by atoms with Gasteiger partial charge in [0.25, 0.3) is 5.69 Å². The van der Waals surface area contributed by atoms with Gasteiger partial charge in [-0.15, -0.1) is 0 Å². The molecular weight excluding hydrogens is 298 g/mol. The first kappa shape index (κ1) is 14.9. The molecule has 2 aromatic rings. The van der Waals surface area contributed by atoms with Gasteiger partial charge >= 0.3 is 0 Å². The Hall–Kier alpha value is -2.45. The number of hydrazine groups is 1. The van der Waals surface area contributed by atoms with Crippen molar-refractivity contribution in [3.05, 3.63) is 44.6 Å². The van der Waals surface area contributed by atoms with E-state index >= 15 is 0 Å². The van der Waals surface area contributed by atoms with E-state index in [2.05, 4.69) is 15.4 Å². The van der Waals surface area contributed by atoms with Gasteiger partial charge in [0.05, 0.1) is 11.1 Å². The first-order valence-corrected chi connectivity index (χ1v) is 6.23. The number of nitrogens with one attached hydrogen (secondary N) is 1. The molecule has 1 aromatic heterocycles. The van der Waals surface area contributed by atoms with E-state index < -0.39 is 4.92 Å². The van der Waals surface area contributed by atoms with Gasteiger partial charge in [-0.1, -0.05) is 11.6 Å². The Labute approximate surface area is 125 Å². The lowest BCUT2D eigenvalue weighted by atomic mass is 10.1. The standard InChI is InChI=1S/C12H12ClN5O3/c1-6-4-10(7(2)3-9(6)18(19)20)21-11-8(13)5-15-12(16-11)17-14/h3-5H,14H2,1-2H3,(H,15,16,17). The van der Waals surface area contributed by atoms with E-state index in [9.17, 15) is 10.1 Å². The molecule has 3 N–H and O–H groups in total. The van der Waals surface area contributed by atoms with Crippen LogP contribution < -0.4 is 16.0 Å². The number of hydrogen-bond acceptors (Lipinski definition) is 7. The average Bonchev–Trinajstić information content (AvgIpc) is 2.44. The van der Waals surface area contributed by atoms with Crippen LogP contribution in [0, 0.1) is 24.0 Å². The molecule has 0 aliphatic carbocycles. The quantitative estimate of drug-likeness (QED) is 0.506. The molecule has 0 fully saturated rings.